The summed E-state index contributed by atoms with van der Waals surface area (Å²) in [4.78, 5) is 3.15. The molecule has 0 amide bonds. The fourth-order valence-corrected chi connectivity index (χ4v) is 4.54. The number of thiocarbonyl (C=S) groups is 1. The molecule has 1 saturated heterocycles. The first-order valence-electron chi connectivity index (χ1n) is 6.27. The molecular weight excluding hydrogens is 308 g/mol. The second-order valence-electron chi connectivity index (χ2n) is 5.24. The van der Waals surface area contributed by atoms with Gasteiger partial charge in [0.05, 0.1) is 0 Å². The lowest BCUT2D eigenvalue weighted by atomic mass is 10.1. The van der Waals surface area contributed by atoms with Gasteiger partial charge in [-0.05, 0) is 49.1 Å². The van der Waals surface area contributed by atoms with Crippen LogP contribution in [0.4, 0.5) is 0 Å². The molecule has 0 saturated carbocycles. The molecule has 1 N–H and O–H groups in total. The highest BCUT2D eigenvalue weighted by molar-refractivity contribution is 8.24. The maximum Gasteiger partial charge on any atom is 0.292 e. The monoisotopic (exact) mass is 327 g/mol. The maximum atomic E-state index is 10.4. The molecule has 108 valence electrons. The summed E-state index contributed by atoms with van der Waals surface area (Å²) in [6.45, 7) is 4.18. The number of benzene rings is 1. The van der Waals surface area contributed by atoms with Crippen LogP contribution in [0.25, 0.3) is 0 Å². The van der Waals surface area contributed by atoms with E-state index in [4.69, 9.17) is 12.2 Å². The van der Waals surface area contributed by atoms with Crippen LogP contribution >= 0.6 is 35.7 Å². The summed E-state index contributed by atoms with van der Waals surface area (Å²) in [5.41, 5.74) is 0.970. The Labute approximate surface area is 134 Å². The van der Waals surface area contributed by atoms with E-state index in [2.05, 4.69) is 13.8 Å². The van der Waals surface area contributed by atoms with Gasteiger partial charge in [0.2, 0.25) is 6.21 Å². The van der Waals surface area contributed by atoms with E-state index >= 15 is 0 Å². The average molecular weight is 328 g/mol. The molecule has 0 spiro atoms. The zero-order chi connectivity index (χ0) is 14.9. The lowest BCUT2D eigenvalue weighted by molar-refractivity contribution is -0.808. The van der Waals surface area contributed by atoms with Crippen molar-refractivity contribution in [1.82, 2.24) is 4.90 Å². The summed E-state index contributed by atoms with van der Waals surface area (Å²) < 4.78 is 1.92. The quantitative estimate of drug-likeness (QED) is 0.229. The summed E-state index contributed by atoms with van der Waals surface area (Å²) in [6.07, 6.45) is 3.63. The highest BCUT2D eigenvalue weighted by Gasteiger charge is 2.51. The van der Waals surface area contributed by atoms with Crippen LogP contribution in [-0.2, 0) is 0 Å². The maximum absolute atomic E-state index is 10.4. The van der Waals surface area contributed by atoms with E-state index in [-0.39, 0.29) is 10.9 Å². The third-order valence-electron chi connectivity index (χ3n) is 3.27. The molecule has 1 aliphatic rings. The molecule has 0 aromatic heterocycles. The molecule has 6 heteroatoms. The van der Waals surface area contributed by atoms with Gasteiger partial charge in [-0.1, -0.05) is 24.0 Å². The van der Waals surface area contributed by atoms with E-state index in [1.54, 1.807) is 29.7 Å². The van der Waals surface area contributed by atoms with E-state index in [0.29, 0.717) is 0 Å². The molecule has 1 aliphatic heterocycles. The molecule has 20 heavy (non-hydrogen) atoms. The van der Waals surface area contributed by atoms with Gasteiger partial charge < -0.3 is 0 Å². The first-order valence-corrected chi connectivity index (χ1v) is 8.72. The SMILES string of the molecule is CSc1ccc(C=[N+](O)C2N(C)C(=S)SC2(C)C)cc1. The van der Waals surface area contributed by atoms with Crippen LogP contribution in [0.2, 0.25) is 0 Å². The minimum absolute atomic E-state index is 0.156. The molecular formula is C14H19N2OS3+. The van der Waals surface area contributed by atoms with Crippen molar-refractivity contribution in [3.05, 3.63) is 29.8 Å². The van der Waals surface area contributed by atoms with Gasteiger partial charge in [-0.25, -0.2) is 0 Å². The molecule has 1 fully saturated rings. The van der Waals surface area contributed by atoms with Gasteiger partial charge in [0.1, 0.15) is 9.07 Å². The van der Waals surface area contributed by atoms with Crippen LogP contribution in [0, 0.1) is 0 Å². The van der Waals surface area contributed by atoms with Crippen LogP contribution < -0.4 is 0 Å². The van der Waals surface area contributed by atoms with Gasteiger partial charge in [0, 0.05) is 17.5 Å². The average Bonchev–Trinajstić information content (AvgIpc) is 2.59. The van der Waals surface area contributed by atoms with Crippen molar-refractivity contribution in [2.75, 3.05) is 13.3 Å². The van der Waals surface area contributed by atoms with Crippen molar-refractivity contribution in [3.8, 4) is 0 Å². The van der Waals surface area contributed by atoms with E-state index < -0.39 is 0 Å². The second-order valence-corrected chi connectivity index (χ2v) is 8.41. The Hall–Kier alpha value is -0.720. The zero-order valence-corrected chi connectivity index (χ0v) is 14.5. The van der Waals surface area contributed by atoms with Gasteiger partial charge in [-0.2, -0.15) is 0 Å². The normalized spacial score (nSPS) is 22.4. The van der Waals surface area contributed by atoms with Crippen molar-refractivity contribution in [1.29, 1.82) is 0 Å². The van der Waals surface area contributed by atoms with Gasteiger partial charge in [-0.15, -0.1) is 11.8 Å². The molecule has 0 aliphatic carbocycles. The zero-order valence-electron chi connectivity index (χ0n) is 12.0. The van der Waals surface area contributed by atoms with Gasteiger partial charge >= 0.3 is 0 Å². The minimum Gasteiger partial charge on any atom is -0.298 e. The summed E-state index contributed by atoms with van der Waals surface area (Å²) in [5, 5.41) is 10.4. The Bertz CT molecular complexity index is 540. The molecule has 1 heterocycles. The molecule has 1 atom stereocenters. The Morgan fingerprint density at radius 1 is 1.40 bits per heavy atom. The number of hydrogen-bond donors (Lipinski definition) is 1. The largest absolute Gasteiger partial charge is 0.298 e. The topological polar surface area (TPSA) is 26.5 Å². The van der Waals surface area contributed by atoms with E-state index in [1.807, 2.05) is 42.5 Å². The smallest absolute Gasteiger partial charge is 0.292 e. The number of rotatable bonds is 3. The number of thioether (sulfide) groups is 2. The van der Waals surface area contributed by atoms with E-state index in [9.17, 15) is 5.21 Å². The fraction of sp³-hybridized carbons (Fsp3) is 0.429. The Morgan fingerprint density at radius 3 is 2.45 bits per heavy atom. The predicted octanol–water partition coefficient (Wildman–Crippen LogP) is 3.30. The second kappa shape index (κ2) is 5.95. The van der Waals surface area contributed by atoms with Crippen LogP contribution in [0.15, 0.2) is 29.2 Å². The van der Waals surface area contributed by atoms with Crippen LogP contribution in [-0.4, -0.2) is 49.6 Å². The highest BCUT2D eigenvalue weighted by Crippen LogP contribution is 2.40. The third kappa shape index (κ3) is 3.13. The van der Waals surface area contributed by atoms with Gasteiger partial charge in [0.25, 0.3) is 6.17 Å². The highest BCUT2D eigenvalue weighted by atomic mass is 32.2. The molecule has 0 bridgehead atoms. The third-order valence-corrected chi connectivity index (χ3v) is 5.76. The number of hydrogen-bond acceptors (Lipinski definition) is 4. The van der Waals surface area contributed by atoms with Crippen molar-refractivity contribution < 1.29 is 9.95 Å². The van der Waals surface area contributed by atoms with E-state index in [1.165, 1.54) is 9.63 Å². The molecule has 1 aromatic carbocycles. The Balaban J connectivity index is 2.27. The summed E-state index contributed by atoms with van der Waals surface area (Å²) in [5.74, 6) is 0. The molecule has 1 aromatic rings. The predicted molar refractivity (Wildman–Crippen MR) is 91.3 cm³/mol. The summed E-state index contributed by atoms with van der Waals surface area (Å²) >= 11 is 8.64. The van der Waals surface area contributed by atoms with Crippen LogP contribution in [0.1, 0.15) is 19.4 Å². The van der Waals surface area contributed by atoms with Crippen LogP contribution in [0.3, 0.4) is 0 Å². The first-order chi connectivity index (χ1) is 9.35. The standard InChI is InChI=1S/C14H19N2OS3/c1-14(2)12(15(3)13(18)20-14)16(17)9-10-5-7-11(19-4)8-6-10/h5-9,12,17H,1-4H3/q+1. The van der Waals surface area contributed by atoms with Crippen molar-refractivity contribution in [3.63, 3.8) is 0 Å². The Kier molecular flexibility index (Phi) is 4.66. The van der Waals surface area contributed by atoms with Crippen LogP contribution in [0.5, 0.6) is 0 Å². The number of hydroxylamine groups is 1. The minimum atomic E-state index is -0.166. The number of nitrogens with zero attached hydrogens (tertiary/aromatic N) is 2. The van der Waals surface area contributed by atoms with Gasteiger partial charge in [0.15, 0.2) is 0 Å². The Morgan fingerprint density at radius 2 is 2.00 bits per heavy atom. The van der Waals surface area contributed by atoms with Gasteiger partial charge in [-0.3, -0.25) is 10.1 Å². The van der Waals surface area contributed by atoms with Crippen molar-refractivity contribution in [2.45, 2.75) is 29.7 Å². The fourth-order valence-electron chi connectivity index (χ4n) is 2.33. The van der Waals surface area contributed by atoms with Crippen molar-refractivity contribution >= 4 is 46.3 Å². The first kappa shape index (κ1) is 15.7. The summed E-state index contributed by atoms with van der Waals surface area (Å²) in [7, 11) is 1.92. The summed E-state index contributed by atoms with van der Waals surface area (Å²) in [6, 6.07) is 8.10. The lowest BCUT2D eigenvalue weighted by Crippen LogP contribution is -2.47. The molecule has 3 nitrogen and oxygen atoms in total. The van der Waals surface area contributed by atoms with E-state index in [0.717, 1.165) is 9.88 Å². The van der Waals surface area contributed by atoms with Crippen molar-refractivity contribution in [2.24, 2.45) is 0 Å². The molecule has 1 unspecified atom stereocenters. The molecule has 0 radical (unpaired) electrons. The molecule has 2 rings (SSSR count). The lowest BCUT2D eigenvalue weighted by Gasteiger charge is -2.21.